The lowest BCUT2D eigenvalue weighted by Gasteiger charge is -2.14. The molecule has 0 N–H and O–H groups in total. The molecule has 14 heavy (non-hydrogen) atoms. The Balaban J connectivity index is 3.42. The van der Waals surface area contributed by atoms with Crippen molar-refractivity contribution in [2.24, 2.45) is 0 Å². The average molecular weight is 217 g/mol. The number of ether oxygens (including phenoxy) is 3. The van der Waals surface area contributed by atoms with Crippen molar-refractivity contribution in [3.05, 3.63) is 16.7 Å². The van der Waals surface area contributed by atoms with Gasteiger partial charge >= 0.3 is 0 Å². The van der Waals surface area contributed by atoms with Crippen molar-refractivity contribution in [2.75, 3.05) is 21.3 Å². The van der Waals surface area contributed by atoms with E-state index in [9.17, 15) is 0 Å². The molecule has 4 heteroatoms. The maximum atomic E-state index is 5.99. The molecule has 0 spiro atoms. The molecule has 0 heterocycles. The monoisotopic (exact) mass is 216 g/mol. The van der Waals surface area contributed by atoms with Crippen molar-refractivity contribution in [2.45, 2.75) is 6.92 Å². The summed E-state index contributed by atoms with van der Waals surface area (Å²) in [5.41, 5.74) is 0.840. The predicted octanol–water partition coefficient (Wildman–Crippen LogP) is 2.67. The highest BCUT2D eigenvalue weighted by atomic mass is 35.5. The molecule has 0 aliphatic rings. The molecule has 0 aromatic heterocycles. The second-order valence-electron chi connectivity index (χ2n) is 2.75. The lowest BCUT2D eigenvalue weighted by molar-refractivity contribution is 0.323. The summed E-state index contributed by atoms with van der Waals surface area (Å²) in [6, 6.07) is 1.71. The SMILES string of the molecule is COc1cc(Cl)c(C)c(OC)c1OC. The minimum atomic E-state index is 0.567. The lowest BCUT2D eigenvalue weighted by atomic mass is 10.2. The molecule has 0 aliphatic heterocycles. The first-order valence-electron chi connectivity index (χ1n) is 4.10. The zero-order chi connectivity index (χ0) is 10.7. The van der Waals surface area contributed by atoms with Gasteiger partial charge in [0.05, 0.1) is 26.4 Å². The Morgan fingerprint density at radius 2 is 1.57 bits per heavy atom. The number of benzene rings is 1. The zero-order valence-electron chi connectivity index (χ0n) is 8.68. The molecule has 0 aliphatic carbocycles. The van der Waals surface area contributed by atoms with Crippen LogP contribution in [0.5, 0.6) is 17.2 Å². The Labute approximate surface area is 88.5 Å². The van der Waals surface area contributed by atoms with Crippen molar-refractivity contribution in [3.63, 3.8) is 0 Å². The van der Waals surface area contributed by atoms with Crippen LogP contribution in [0.2, 0.25) is 5.02 Å². The summed E-state index contributed by atoms with van der Waals surface area (Å²) in [5.74, 6) is 1.74. The Morgan fingerprint density at radius 1 is 1.00 bits per heavy atom. The molecular weight excluding hydrogens is 204 g/mol. The van der Waals surface area contributed by atoms with Gasteiger partial charge < -0.3 is 14.2 Å². The summed E-state index contributed by atoms with van der Waals surface area (Å²) in [5, 5.41) is 0.597. The summed E-state index contributed by atoms with van der Waals surface area (Å²) in [6.07, 6.45) is 0. The van der Waals surface area contributed by atoms with Crippen LogP contribution >= 0.6 is 11.6 Å². The minimum absolute atomic E-state index is 0.567. The van der Waals surface area contributed by atoms with Crippen molar-refractivity contribution >= 4 is 11.6 Å². The maximum absolute atomic E-state index is 5.99. The van der Waals surface area contributed by atoms with E-state index in [1.165, 1.54) is 0 Å². The Kier molecular flexibility index (Phi) is 3.47. The fraction of sp³-hybridized carbons (Fsp3) is 0.400. The smallest absolute Gasteiger partial charge is 0.203 e. The van der Waals surface area contributed by atoms with Gasteiger partial charge in [0.15, 0.2) is 11.5 Å². The zero-order valence-corrected chi connectivity index (χ0v) is 9.44. The van der Waals surface area contributed by atoms with Gasteiger partial charge in [-0.25, -0.2) is 0 Å². The molecule has 0 atom stereocenters. The first-order chi connectivity index (χ1) is 6.65. The number of rotatable bonds is 3. The topological polar surface area (TPSA) is 27.7 Å². The van der Waals surface area contributed by atoms with E-state index in [1.54, 1.807) is 27.4 Å². The van der Waals surface area contributed by atoms with Crippen LogP contribution in [0.3, 0.4) is 0 Å². The van der Waals surface area contributed by atoms with E-state index in [-0.39, 0.29) is 0 Å². The molecule has 0 saturated carbocycles. The first kappa shape index (κ1) is 11.0. The highest BCUT2D eigenvalue weighted by Gasteiger charge is 2.16. The van der Waals surface area contributed by atoms with Gasteiger partial charge in [-0.15, -0.1) is 0 Å². The van der Waals surface area contributed by atoms with Gasteiger partial charge in [-0.3, -0.25) is 0 Å². The molecule has 0 fully saturated rings. The summed E-state index contributed by atoms with van der Waals surface area (Å²) in [6.45, 7) is 1.86. The molecule has 1 aromatic rings. The van der Waals surface area contributed by atoms with Crippen LogP contribution in [0.1, 0.15) is 5.56 Å². The molecule has 1 aromatic carbocycles. The van der Waals surface area contributed by atoms with Crippen LogP contribution in [-0.4, -0.2) is 21.3 Å². The molecule has 1 rings (SSSR count). The van der Waals surface area contributed by atoms with Crippen LogP contribution < -0.4 is 14.2 Å². The first-order valence-corrected chi connectivity index (χ1v) is 4.48. The number of halogens is 1. The number of methoxy groups -OCH3 is 3. The molecular formula is C10H13ClO3. The van der Waals surface area contributed by atoms with E-state index in [1.807, 2.05) is 6.92 Å². The van der Waals surface area contributed by atoms with Gasteiger partial charge in [-0.2, -0.15) is 0 Å². The lowest BCUT2D eigenvalue weighted by Crippen LogP contribution is -1.97. The van der Waals surface area contributed by atoms with E-state index in [2.05, 4.69) is 0 Å². The van der Waals surface area contributed by atoms with E-state index >= 15 is 0 Å². The van der Waals surface area contributed by atoms with Crippen molar-refractivity contribution < 1.29 is 14.2 Å². The Bertz CT molecular complexity index is 337. The third-order valence-electron chi connectivity index (χ3n) is 2.01. The minimum Gasteiger partial charge on any atom is -0.493 e. The van der Waals surface area contributed by atoms with Crippen LogP contribution in [0.15, 0.2) is 6.07 Å². The Hall–Kier alpha value is -1.09. The molecule has 0 saturated heterocycles. The van der Waals surface area contributed by atoms with Crippen LogP contribution in [-0.2, 0) is 0 Å². The van der Waals surface area contributed by atoms with Crippen LogP contribution in [0, 0.1) is 6.92 Å². The second kappa shape index (κ2) is 4.42. The fourth-order valence-electron chi connectivity index (χ4n) is 1.27. The van der Waals surface area contributed by atoms with E-state index < -0.39 is 0 Å². The third kappa shape index (κ3) is 1.73. The van der Waals surface area contributed by atoms with Crippen molar-refractivity contribution in [1.82, 2.24) is 0 Å². The summed E-state index contributed by atoms with van der Waals surface area (Å²) >= 11 is 5.99. The highest BCUT2D eigenvalue weighted by Crippen LogP contribution is 2.43. The molecule has 3 nitrogen and oxygen atoms in total. The Morgan fingerprint density at radius 3 is 2.00 bits per heavy atom. The van der Waals surface area contributed by atoms with E-state index in [0.29, 0.717) is 22.3 Å². The largest absolute Gasteiger partial charge is 0.493 e. The average Bonchev–Trinajstić information content (AvgIpc) is 2.20. The number of hydrogen-bond donors (Lipinski definition) is 0. The molecule has 0 amide bonds. The molecule has 78 valence electrons. The molecule has 0 radical (unpaired) electrons. The van der Waals surface area contributed by atoms with Gasteiger partial charge in [-0.05, 0) is 6.92 Å². The summed E-state index contributed by atoms with van der Waals surface area (Å²) < 4.78 is 15.5. The molecule has 0 unspecified atom stereocenters. The van der Waals surface area contributed by atoms with Gasteiger partial charge in [0.1, 0.15) is 0 Å². The summed E-state index contributed by atoms with van der Waals surface area (Å²) in [4.78, 5) is 0. The van der Waals surface area contributed by atoms with Crippen molar-refractivity contribution in [3.8, 4) is 17.2 Å². The molecule has 0 bridgehead atoms. The maximum Gasteiger partial charge on any atom is 0.203 e. The van der Waals surface area contributed by atoms with Gasteiger partial charge in [-0.1, -0.05) is 11.6 Å². The quantitative estimate of drug-likeness (QED) is 0.778. The van der Waals surface area contributed by atoms with Crippen LogP contribution in [0.4, 0.5) is 0 Å². The fourth-order valence-corrected chi connectivity index (χ4v) is 1.46. The standard InChI is InChI=1S/C10H13ClO3/c1-6-7(11)5-8(12-2)10(14-4)9(6)13-3/h5H,1-4H3. The summed E-state index contributed by atoms with van der Waals surface area (Å²) in [7, 11) is 4.69. The van der Waals surface area contributed by atoms with Gasteiger partial charge in [0.2, 0.25) is 5.75 Å². The number of hydrogen-bond acceptors (Lipinski definition) is 3. The van der Waals surface area contributed by atoms with Crippen molar-refractivity contribution in [1.29, 1.82) is 0 Å². The third-order valence-corrected chi connectivity index (χ3v) is 2.41. The van der Waals surface area contributed by atoms with Gasteiger partial charge in [0.25, 0.3) is 0 Å². The predicted molar refractivity (Wildman–Crippen MR) is 55.8 cm³/mol. The van der Waals surface area contributed by atoms with Gasteiger partial charge in [0, 0.05) is 11.6 Å². The highest BCUT2D eigenvalue weighted by molar-refractivity contribution is 6.31. The second-order valence-corrected chi connectivity index (χ2v) is 3.16. The normalized spacial score (nSPS) is 9.79. The van der Waals surface area contributed by atoms with Crippen LogP contribution in [0.25, 0.3) is 0 Å². The van der Waals surface area contributed by atoms with E-state index in [0.717, 1.165) is 5.56 Å². The van der Waals surface area contributed by atoms with E-state index in [4.69, 9.17) is 25.8 Å².